The molecule has 5 nitrogen and oxygen atoms in total. The first kappa shape index (κ1) is 19.5. The van der Waals surface area contributed by atoms with E-state index in [0.29, 0.717) is 12.7 Å². The Morgan fingerprint density at radius 2 is 1.96 bits per heavy atom. The molecule has 1 N–H and O–H groups in total. The number of fused-ring (bicyclic) bond motifs is 1. The highest BCUT2D eigenvalue weighted by molar-refractivity contribution is 5.98. The number of carbonyl (C=O) groups excluding carboxylic acids is 2. The van der Waals surface area contributed by atoms with E-state index in [2.05, 4.69) is 5.32 Å². The maximum atomic E-state index is 13.6. The average molecular weight is 390 g/mol. The molecule has 0 radical (unpaired) electrons. The number of anilines is 1. The number of benzene rings is 2. The quantitative estimate of drug-likeness (QED) is 0.630. The third-order valence-electron chi connectivity index (χ3n) is 4.20. The highest BCUT2D eigenvalue weighted by Crippen LogP contribution is 2.26. The van der Waals surface area contributed by atoms with Crippen molar-refractivity contribution in [3.05, 3.63) is 65.0 Å². The number of hydrogen-bond acceptors (Lipinski definition) is 3. The van der Waals surface area contributed by atoms with Crippen molar-refractivity contribution in [1.29, 1.82) is 0 Å². The van der Waals surface area contributed by atoms with E-state index in [4.69, 9.17) is 4.74 Å². The van der Waals surface area contributed by atoms with Crippen molar-refractivity contribution in [3.8, 4) is 5.75 Å². The molecule has 1 aliphatic heterocycles. The van der Waals surface area contributed by atoms with Gasteiger partial charge in [-0.2, -0.15) is 0 Å². The van der Waals surface area contributed by atoms with Gasteiger partial charge < -0.3 is 15.0 Å². The van der Waals surface area contributed by atoms with Gasteiger partial charge in [0.1, 0.15) is 5.75 Å². The third kappa shape index (κ3) is 4.33. The van der Waals surface area contributed by atoms with Crippen molar-refractivity contribution in [1.82, 2.24) is 4.90 Å². The van der Waals surface area contributed by atoms with Crippen LogP contribution in [0.3, 0.4) is 0 Å². The Bertz CT molecular complexity index is 960. The van der Waals surface area contributed by atoms with Crippen LogP contribution in [0.25, 0.3) is 6.08 Å². The molecule has 0 bridgehead atoms. The molecule has 0 aliphatic carbocycles. The van der Waals surface area contributed by atoms with Crippen LogP contribution in [0.5, 0.6) is 5.75 Å². The van der Waals surface area contributed by atoms with E-state index in [0.717, 1.165) is 34.3 Å². The van der Waals surface area contributed by atoms with Crippen LogP contribution in [0.15, 0.2) is 36.4 Å². The van der Waals surface area contributed by atoms with E-state index in [1.807, 2.05) is 18.2 Å². The molecule has 1 heterocycles. The normalized spacial score (nSPS) is 12.6. The Balaban J connectivity index is 1.58. The number of carbonyl (C=O) groups is 2. The average Bonchev–Trinajstić information content (AvgIpc) is 3.14. The van der Waals surface area contributed by atoms with Crippen molar-refractivity contribution < 1.29 is 27.5 Å². The Morgan fingerprint density at radius 3 is 2.75 bits per heavy atom. The van der Waals surface area contributed by atoms with Gasteiger partial charge in [0.05, 0.1) is 18.8 Å². The first-order valence-corrected chi connectivity index (χ1v) is 8.47. The molecule has 2 aromatic carbocycles. The topological polar surface area (TPSA) is 58.6 Å². The highest BCUT2D eigenvalue weighted by atomic mass is 19.2. The predicted molar refractivity (Wildman–Crippen MR) is 97.3 cm³/mol. The summed E-state index contributed by atoms with van der Waals surface area (Å²) in [7, 11) is 1.39. The van der Waals surface area contributed by atoms with E-state index < -0.39 is 35.0 Å². The van der Waals surface area contributed by atoms with Crippen LogP contribution in [-0.2, 0) is 16.0 Å². The molecule has 0 saturated carbocycles. The van der Waals surface area contributed by atoms with Gasteiger partial charge in [-0.1, -0.05) is 6.07 Å². The van der Waals surface area contributed by atoms with Gasteiger partial charge in [-0.3, -0.25) is 9.59 Å². The van der Waals surface area contributed by atoms with E-state index in [1.165, 1.54) is 13.1 Å². The molecular weight excluding hydrogens is 373 g/mol. The van der Waals surface area contributed by atoms with Crippen LogP contribution in [0.4, 0.5) is 18.9 Å². The van der Waals surface area contributed by atoms with Gasteiger partial charge in [-0.25, -0.2) is 13.2 Å². The lowest BCUT2D eigenvalue weighted by Crippen LogP contribution is -2.34. The number of rotatable bonds is 5. The molecule has 28 heavy (non-hydrogen) atoms. The van der Waals surface area contributed by atoms with Crippen LogP contribution in [0, 0.1) is 17.5 Å². The molecule has 2 amide bonds. The molecule has 2 aromatic rings. The summed E-state index contributed by atoms with van der Waals surface area (Å²) in [4.78, 5) is 25.2. The highest BCUT2D eigenvalue weighted by Gasteiger charge is 2.17. The molecule has 0 unspecified atom stereocenters. The lowest BCUT2D eigenvalue weighted by Gasteiger charge is -2.15. The SMILES string of the molecule is CN(CC(=O)Nc1ccc(F)c(F)c1F)C(=O)/C=C/c1ccc2c(c1)CCO2. The minimum Gasteiger partial charge on any atom is -0.493 e. The summed E-state index contributed by atoms with van der Waals surface area (Å²) in [6.07, 6.45) is 3.74. The summed E-state index contributed by atoms with van der Waals surface area (Å²) in [6, 6.07) is 7.18. The zero-order valence-corrected chi connectivity index (χ0v) is 15.0. The minimum atomic E-state index is -1.68. The molecule has 0 aromatic heterocycles. The number of halogens is 3. The van der Waals surface area contributed by atoms with E-state index >= 15 is 0 Å². The largest absolute Gasteiger partial charge is 0.493 e. The van der Waals surface area contributed by atoms with Crippen molar-refractivity contribution in [2.45, 2.75) is 6.42 Å². The first-order chi connectivity index (χ1) is 13.3. The maximum Gasteiger partial charge on any atom is 0.246 e. The van der Waals surface area contributed by atoms with Crippen molar-refractivity contribution in [3.63, 3.8) is 0 Å². The summed E-state index contributed by atoms with van der Waals surface area (Å²) in [5.41, 5.74) is 1.39. The second kappa shape index (κ2) is 8.16. The van der Waals surface area contributed by atoms with Gasteiger partial charge in [0, 0.05) is 19.5 Å². The Labute approximate surface area is 159 Å². The van der Waals surface area contributed by atoms with Gasteiger partial charge in [0.15, 0.2) is 17.5 Å². The molecule has 146 valence electrons. The van der Waals surface area contributed by atoms with Crippen LogP contribution in [0.2, 0.25) is 0 Å². The lowest BCUT2D eigenvalue weighted by atomic mass is 10.1. The van der Waals surface area contributed by atoms with E-state index in [9.17, 15) is 22.8 Å². The van der Waals surface area contributed by atoms with Crippen LogP contribution < -0.4 is 10.1 Å². The van der Waals surface area contributed by atoms with E-state index in [-0.39, 0.29) is 6.54 Å². The number of nitrogens with zero attached hydrogens (tertiary/aromatic N) is 1. The van der Waals surface area contributed by atoms with Gasteiger partial charge in [0.2, 0.25) is 11.8 Å². The molecule has 8 heteroatoms. The number of nitrogens with one attached hydrogen (secondary N) is 1. The van der Waals surface area contributed by atoms with Crippen LogP contribution in [0.1, 0.15) is 11.1 Å². The number of likely N-dealkylation sites (N-methyl/N-ethyl adjacent to an activating group) is 1. The van der Waals surface area contributed by atoms with E-state index in [1.54, 1.807) is 6.08 Å². The van der Waals surface area contributed by atoms with Crippen LogP contribution >= 0.6 is 0 Å². The summed E-state index contributed by atoms with van der Waals surface area (Å²) in [5, 5.41) is 2.11. The molecular formula is C20H17F3N2O3. The second-order valence-corrected chi connectivity index (χ2v) is 6.26. The smallest absolute Gasteiger partial charge is 0.246 e. The Kier molecular flexibility index (Phi) is 5.67. The summed E-state index contributed by atoms with van der Waals surface area (Å²) in [5.74, 6) is -4.89. The van der Waals surface area contributed by atoms with Gasteiger partial charge in [-0.15, -0.1) is 0 Å². The van der Waals surface area contributed by atoms with Gasteiger partial charge >= 0.3 is 0 Å². The van der Waals surface area contributed by atoms with Crippen molar-refractivity contribution in [2.24, 2.45) is 0 Å². The Morgan fingerprint density at radius 1 is 1.18 bits per heavy atom. The third-order valence-corrected chi connectivity index (χ3v) is 4.20. The minimum absolute atomic E-state index is 0.389. The fourth-order valence-electron chi connectivity index (χ4n) is 2.71. The standard InChI is InChI=1S/C20H17F3N2O3/c1-25(11-17(26)24-15-5-4-14(21)19(22)20(15)23)18(27)7-3-12-2-6-16-13(10-12)8-9-28-16/h2-7,10H,8-9,11H2,1H3,(H,24,26)/b7-3+. The number of amides is 2. The molecule has 0 saturated heterocycles. The fourth-order valence-corrected chi connectivity index (χ4v) is 2.71. The second-order valence-electron chi connectivity index (χ2n) is 6.26. The van der Waals surface area contributed by atoms with Gasteiger partial charge in [0.25, 0.3) is 0 Å². The monoisotopic (exact) mass is 390 g/mol. The fraction of sp³-hybridized carbons (Fsp3) is 0.200. The molecule has 0 spiro atoms. The first-order valence-electron chi connectivity index (χ1n) is 8.47. The Hall–Kier alpha value is -3.29. The van der Waals surface area contributed by atoms with Crippen molar-refractivity contribution in [2.75, 3.05) is 25.5 Å². The van der Waals surface area contributed by atoms with Crippen molar-refractivity contribution >= 4 is 23.6 Å². The maximum absolute atomic E-state index is 13.6. The zero-order valence-electron chi connectivity index (χ0n) is 15.0. The summed E-state index contributed by atoms with van der Waals surface area (Å²) < 4.78 is 45.1. The molecule has 0 atom stereocenters. The molecule has 3 rings (SSSR count). The number of hydrogen-bond donors (Lipinski definition) is 1. The summed E-state index contributed by atoms with van der Waals surface area (Å²) in [6.45, 7) is 0.247. The lowest BCUT2D eigenvalue weighted by molar-refractivity contribution is -0.129. The molecule has 0 fully saturated rings. The predicted octanol–water partition coefficient (Wildman–Crippen LogP) is 3.15. The molecule has 1 aliphatic rings. The van der Waals surface area contributed by atoms with Crippen LogP contribution in [-0.4, -0.2) is 36.9 Å². The van der Waals surface area contributed by atoms with Gasteiger partial charge in [-0.05, 0) is 41.5 Å². The number of ether oxygens (including phenoxy) is 1. The summed E-state index contributed by atoms with van der Waals surface area (Å²) >= 11 is 0. The zero-order chi connectivity index (χ0) is 20.3.